The molecule has 0 fully saturated rings. The van der Waals surface area contributed by atoms with Crippen LogP contribution in [0.1, 0.15) is 169 Å². The van der Waals surface area contributed by atoms with E-state index in [-0.39, 0.29) is 166 Å². The Morgan fingerprint density at radius 1 is 0.205 bits per heavy atom. The standard InChI is InChI=1S/3C16H17F2N.3C16H13F2N.C15H11F2N.H2/c6*1-11(10-19)16(12-4-2-6-14(17)8-12)13-5-3-7-15(18)9-13;16-13-5-1-3-11(9-13)15(7-8-18)12-4-2-6-14(17)10-12;/h3*2-9,11,16H,10,19H2,1H3;3*2-9,11,16H,1H3;1-6,9-10,15H,7H2;1H/t2*11-;;;;;;/m00....../s1. The van der Waals surface area contributed by atoms with Crippen LogP contribution in [0.15, 0.2) is 340 Å². The van der Waals surface area contributed by atoms with Gasteiger partial charge in [0.2, 0.25) is 0 Å². The van der Waals surface area contributed by atoms with Crippen molar-refractivity contribution in [2.24, 2.45) is 52.7 Å². The van der Waals surface area contributed by atoms with Gasteiger partial charge >= 0.3 is 0 Å². The van der Waals surface area contributed by atoms with Gasteiger partial charge in [-0.05, 0) is 306 Å². The Balaban J connectivity index is 0.000000212. The summed E-state index contributed by atoms with van der Waals surface area (Å²) in [5, 5.41) is 36.2. The summed E-state index contributed by atoms with van der Waals surface area (Å²) >= 11 is 0. The number of nitrogens with two attached hydrogens (primary N) is 3. The molecule has 6 atom stereocenters. The highest BCUT2D eigenvalue weighted by molar-refractivity contribution is 5.43. The summed E-state index contributed by atoms with van der Waals surface area (Å²) in [6.45, 7) is 12.6. The lowest BCUT2D eigenvalue weighted by atomic mass is 9.81. The lowest BCUT2D eigenvalue weighted by Crippen LogP contribution is -2.20. The van der Waals surface area contributed by atoms with Gasteiger partial charge in [-0.25, -0.2) is 61.5 Å². The minimum absolute atomic E-state index is 0. The van der Waals surface area contributed by atoms with Gasteiger partial charge in [0.25, 0.3) is 0 Å². The summed E-state index contributed by atoms with van der Waals surface area (Å²) in [5.74, 6) is -7.02. The second-order valence-electron chi connectivity index (χ2n) is 31.9. The fourth-order valence-corrected chi connectivity index (χ4v) is 15.9. The average Bonchev–Trinajstić information content (AvgIpc) is 0.840. The highest BCUT2D eigenvalue weighted by atomic mass is 19.2. The van der Waals surface area contributed by atoms with E-state index >= 15 is 0 Å². The zero-order chi connectivity index (χ0) is 95.9. The van der Waals surface area contributed by atoms with Crippen molar-refractivity contribution >= 4 is 0 Å². The average molecular weight is 1800 g/mol. The summed E-state index contributed by atoms with van der Waals surface area (Å²) < 4.78 is 187. The van der Waals surface area contributed by atoms with Crippen molar-refractivity contribution < 1.29 is 62.9 Å². The third-order valence-corrected chi connectivity index (χ3v) is 22.2. The molecule has 0 amide bonds. The van der Waals surface area contributed by atoms with E-state index in [1.807, 2.05) is 57.2 Å². The molecule has 0 aliphatic rings. The van der Waals surface area contributed by atoms with Crippen LogP contribution in [0.3, 0.4) is 0 Å². The van der Waals surface area contributed by atoms with Gasteiger partial charge in [-0.15, -0.1) is 0 Å². The van der Waals surface area contributed by atoms with Gasteiger partial charge in [0.15, 0.2) is 0 Å². The SMILES string of the molecule is CC(C#N)C(c1cccc(F)c1)c1cccc(F)c1.CC(C#N)C(c1cccc(F)c1)c1cccc(F)c1.CC(C#N)C(c1cccc(F)c1)c1cccc(F)c1.CC(CN)C(c1cccc(F)c1)c1cccc(F)c1.C[C@@H](CN)C(c1cccc(F)c1)c1cccc(F)c1.C[C@@H](CN)C(c1cccc(F)c1)c1cccc(F)c1.N#CCC(c1cccc(F)c1)c1cccc(F)c1.[HH]. The molecule has 0 aliphatic heterocycles. The maximum Gasteiger partial charge on any atom is 0.123 e. The lowest BCUT2D eigenvalue weighted by Gasteiger charge is -2.24. The van der Waals surface area contributed by atoms with Gasteiger partial charge in [-0.1, -0.05) is 191 Å². The summed E-state index contributed by atoms with van der Waals surface area (Å²) in [4.78, 5) is 0. The van der Waals surface area contributed by atoms with Crippen molar-refractivity contribution in [2.45, 2.75) is 89.4 Å². The van der Waals surface area contributed by atoms with Crippen LogP contribution in [0, 0.1) is 162 Å². The zero-order valence-corrected chi connectivity index (χ0v) is 73.5. The summed E-state index contributed by atoms with van der Waals surface area (Å²) in [7, 11) is 0. The maximum atomic E-state index is 13.4. The molecule has 4 unspecified atom stereocenters. The van der Waals surface area contributed by atoms with Crippen LogP contribution >= 0.6 is 0 Å². The van der Waals surface area contributed by atoms with E-state index in [0.717, 1.165) is 33.4 Å². The van der Waals surface area contributed by atoms with E-state index in [1.165, 1.54) is 170 Å². The van der Waals surface area contributed by atoms with Gasteiger partial charge in [-0.3, -0.25) is 0 Å². The number of nitriles is 4. The Morgan fingerprint density at radius 2 is 0.326 bits per heavy atom. The Labute approximate surface area is 764 Å². The second-order valence-corrected chi connectivity index (χ2v) is 31.9. The molecule has 0 aliphatic carbocycles. The number of hydrogen-bond donors (Lipinski definition) is 3. The Morgan fingerprint density at radius 3 is 0.439 bits per heavy atom. The fraction of sp³-hybridized carbons (Fsp3) is 0.207. The molecular formula is C111H103F14N7. The number of benzene rings is 14. The molecule has 14 rings (SSSR count). The molecule has 0 heterocycles. The molecule has 6 N–H and O–H groups in total. The monoisotopic (exact) mass is 1800 g/mol. The number of halogens is 14. The molecule has 0 bridgehead atoms. The molecule has 0 saturated carbocycles. The van der Waals surface area contributed by atoms with Crippen LogP contribution in [0.5, 0.6) is 0 Å². The predicted molar refractivity (Wildman–Crippen MR) is 494 cm³/mol. The summed E-state index contributed by atoms with van der Waals surface area (Å²) in [6.07, 6.45) is 0.187. The molecule has 680 valence electrons. The van der Waals surface area contributed by atoms with Crippen LogP contribution in [0.2, 0.25) is 0 Å². The van der Waals surface area contributed by atoms with E-state index in [0.29, 0.717) is 64.1 Å². The third-order valence-electron chi connectivity index (χ3n) is 22.2. The smallest absolute Gasteiger partial charge is 0.123 e. The van der Waals surface area contributed by atoms with Crippen molar-refractivity contribution in [3.05, 3.63) is 499 Å². The minimum atomic E-state index is -0.372. The molecule has 0 spiro atoms. The van der Waals surface area contributed by atoms with Crippen molar-refractivity contribution in [2.75, 3.05) is 19.6 Å². The van der Waals surface area contributed by atoms with Crippen molar-refractivity contribution in [3.8, 4) is 24.3 Å². The van der Waals surface area contributed by atoms with Crippen molar-refractivity contribution in [3.63, 3.8) is 0 Å². The van der Waals surface area contributed by atoms with E-state index < -0.39 is 0 Å². The van der Waals surface area contributed by atoms with Crippen LogP contribution in [0.4, 0.5) is 61.5 Å². The highest BCUT2D eigenvalue weighted by Gasteiger charge is 2.29. The Bertz CT molecular complexity index is 5370. The normalized spacial score (nSPS) is 12.1. The van der Waals surface area contributed by atoms with Crippen LogP contribution < -0.4 is 17.2 Å². The molecule has 21 heteroatoms. The first-order chi connectivity index (χ1) is 63.4. The highest BCUT2D eigenvalue weighted by Crippen LogP contribution is 2.40. The van der Waals surface area contributed by atoms with Crippen LogP contribution in [0.25, 0.3) is 0 Å². The molecule has 14 aromatic carbocycles. The fourth-order valence-electron chi connectivity index (χ4n) is 15.9. The third kappa shape index (κ3) is 31.4. The van der Waals surface area contributed by atoms with Gasteiger partial charge in [0, 0.05) is 49.3 Å². The van der Waals surface area contributed by atoms with Crippen molar-refractivity contribution in [1.82, 2.24) is 0 Å². The largest absolute Gasteiger partial charge is 0.330 e. The summed E-state index contributed by atoms with van der Waals surface area (Å²) in [6, 6.07) is 95.7. The van der Waals surface area contributed by atoms with Gasteiger partial charge in [0.1, 0.15) is 81.4 Å². The van der Waals surface area contributed by atoms with Crippen LogP contribution in [-0.4, -0.2) is 19.6 Å². The summed E-state index contributed by atoms with van der Waals surface area (Å²) in [5.41, 5.74) is 27.6. The number of nitrogens with zero attached hydrogens (tertiary/aromatic N) is 4. The van der Waals surface area contributed by atoms with Crippen molar-refractivity contribution in [1.29, 1.82) is 21.0 Å². The van der Waals surface area contributed by atoms with E-state index in [9.17, 15) is 61.5 Å². The first kappa shape index (κ1) is 103. The van der Waals surface area contributed by atoms with Gasteiger partial charge in [0.05, 0.1) is 42.0 Å². The second kappa shape index (κ2) is 52.6. The number of hydrogen-bond acceptors (Lipinski definition) is 7. The van der Waals surface area contributed by atoms with E-state index in [4.69, 9.17) is 38.2 Å². The first-order valence-corrected chi connectivity index (χ1v) is 42.6. The molecule has 0 radical (unpaired) electrons. The Hall–Kier alpha value is -14.1. The minimum Gasteiger partial charge on any atom is -0.330 e. The van der Waals surface area contributed by atoms with Gasteiger partial charge < -0.3 is 17.2 Å². The van der Waals surface area contributed by atoms with Gasteiger partial charge in [-0.2, -0.15) is 21.0 Å². The van der Waals surface area contributed by atoms with E-state index in [1.54, 1.807) is 154 Å². The maximum absolute atomic E-state index is 13.4. The zero-order valence-electron chi connectivity index (χ0n) is 73.5. The van der Waals surface area contributed by atoms with Crippen LogP contribution in [-0.2, 0) is 0 Å². The quantitative estimate of drug-likeness (QED) is 0.0505. The van der Waals surface area contributed by atoms with E-state index in [2.05, 4.69) is 24.3 Å². The number of rotatable bonds is 24. The topological polar surface area (TPSA) is 173 Å². The molecule has 7 nitrogen and oxygen atoms in total. The lowest BCUT2D eigenvalue weighted by molar-refractivity contribution is 0.516. The molecule has 0 saturated heterocycles. The molecule has 0 aromatic heterocycles. The predicted octanol–water partition coefficient (Wildman–Crippen LogP) is 28.1. The Kier molecular flexibility index (Phi) is 41.1. The molecular weight excluding hydrogens is 1700 g/mol. The molecule has 14 aromatic rings. The molecule has 132 heavy (non-hydrogen) atoms. The first-order valence-electron chi connectivity index (χ1n) is 42.6.